The molecule has 0 spiro atoms. The minimum atomic E-state index is 0.301. The lowest BCUT2D eigenvalue weighted by molar-refractivity contribution is -0.130. The van der Waals surface area contributed by atoms with Gasteiger partial charge in [-0.3, -0.25) is 9.69 Å². The first-order valence-corrected chi connectivity index (χ1v) is 8.79. The molecule has 0 radical (unpaired) electrons. The van der Waals surface area contributed by atoms with Gasteiger partial charge in [-0.1, -0.05) is 13.3 Å². The monoisotopic (exact) mass is 304 g/mol. The molecule has 5 nitrogen and oxygen atoms in total. The molecule has 3 rings (SSSR count). The maximum Gasteiger partial charge on any atom is 0.224 e. The average molecular weight is 304 g/mol. The number of amides is 1. The van der Waals surface area contributed by atoms with Gasteiger partial charge in [0, 0.05) is 50.9 Å². The van der Waals surface area contributed by atoms with E-state index in [0.29, 0.717) is 18.4 Å². The van der Waals surface area contributed by atoms with Crippen LogP contribution < -0.4 is 0 Å². The molecule has 0 bridgehead atoms. The molecule has 1 atom stereocenters. The van der Waals surface area contributed by atoms with E-state index in [1.54, 1.807) is 0 Å². The Balaban J connectivity index is 1.47. The van der Waals surface area contributed by atoms with Crippen molar-refractivity contribution < 1.29 is 4.79 Å². The van der Waals surface area contributed by atoms with Gasteiger partial charge in [-0.25, -0.2) is 4.98 Å². The number of carbonyl (C=O) groups is 1. The number of piperidine rings is 1. The lowest BCUT2D eigenvalue weighted by atomic mass is 10.1. The molecule has 1 aromatic heterocycles. The summed E-state index contributed by atoms with van der Waals surface area (Å²) in [6.07, 6.45) is 10.5. The molecule has 2 saturated heterocycles. The Hall–Kier alpha value is -1.36. The van der Waals surface area contributed by atoms with Gasteiger partial charge < -0.3 is 9.47 Å². The van der Waals surface area contributed by atoms with Crippen LogP contribution in [0.1, 0.15) is 44.9 Å². The molecule has 3 heterocycles. The van der Waals surface area contributed by atoms with E-state index in [2.05, 4.69) is 26.3 Å². The van der Waals surface area contributed by atoms with Crippen LogP contribution in [0.15, 0.2) is 12.4 Å². The minimum Gasteiger partial charge on any atom is -0.341 e. The number of aromatic nitrogens is 2. The second-order valence-corrected chi connectivity index (χ2v) is 6.52. The SMILES string of the molecule is CCc1nccn1CCC(=O)N1CCC(N2CCCCC2)C1. The van der Waals surface area contributed by atoms with Gasteiger partial charge in [0.25, 0.3) is 0 Å². The molecule has 122 valence electrons. The van der Waals surface area contributed by atoms with Gasteiger partial charge in [0.05, 0.1) is 0 Å². The summed E-state index contributed by atoms with van der Waals surface area (Å²) >= 11 is 0. The van der Waals surface area contributed by atoms with Crippen molar-refractivity contribution in [1.29, 1.82) is 0 Å². The van der Waals surface area contributed by atoms with Gasteiger partial charge in [0.2, 0.25) is 5.91 Å². The van der Waals surface area contributed by atoms with Crippen LogP contribution in [0.2, 0.25) is 0 Å². The van der Waals surface area contributed by atoms with E-state index in [4.69, 9.17) is 0 Å². The summed E-state index contributed by atoms with van der Waals surface area (Å²) in [5.41, 5.74) is 0. The largest absolute Gasteiger partial charge is 0.341 e. The van der Waals surface area contributed by atoms with Crippen molar-refractivity contribution in [2.75, 3.05) is 26.2 Å². The second-order valence-electron chi connectivity index (χ2n) is 6.52. The molecular formula is C17H28N4O. The zero-order valence-corrected chi connectivity index (χ0v) is 13.7. The third-order valence-corrected chi connectivity index (χ3v) is 5.11. The van der Waals surface area contributed by atoms with Gasteiger partial charge in [-0.2, -0.15) is 0 Å². The number of likely N-dealkylation sites (tertiary alicyclic amines) is 2. The first-order chi connectivity index (χ1) is 10.8. The highest BCUT2D eigenvalue weighted by molar-refractivity contribution is 5.76. The molecule has 1 aromatic rings. The zero-order valence-electron chi connectivity index (χ0n) is 13.7. The molecule has 0 aromatic carbocycles. The van der Waals surface area contributed by atoms with Crippen molar-refractivity contribution >= 4 is 5.91 Å². The summed E-state index contributed by atoms with van der Waals surface area (Å²) < 4.78 is 2.11. The van der Waals surface area contributed by atoms with Crippen LogP contribution in [0.5, 0.6) is 0 Å². The summed E-state index contributed by atoms with van der Waals surface area (Å²) in [7, 11) is 0. The van der Waals surface area contributed by atoms with Crippen LogP contribution in [0.25, 0.3) is 0 Å². The molecule has 2 aliphatic heterocycles. The Labute approximate surface area is 133 Å². The number of rotatable bonds is 5. The topological polar surface area (TPSA) is 41.4 Å². The average Bonchev–Trinajstić information content (AvgIpc) is 3.22. The van der Waals surface area contributed by atoms with Crippen molar-refractivity contribution in [3.8, 4) is 0 Å². The normalized spacial score (nSPS) is 23.1. The minimum absolute atomic E-state index is 0.301. The van der Waals surface area contributed by atoms with Gasteiger partial charge in [-0.15, -0.1) is 0 Å². The molecule has 2 aliphatic rings. The van der Waals surface area contributed by atoms with Crippen LogP contribution >= 0.6 is 0 Å². The molecular weight excluding hydrogens is 276 g/mol. The van der Waals surface area contributed by atoms with E-state index in [9.17, 15) is 4.79 Å². The standard InChI is InChI=1S/C17H28N4O/c1-2-16-18-8-13-20(16)12-7-17(22)21-11-6-15(14-21)19-9-4-3-5-10-19/h8,13,15H,2-7,9-12,14H2,1H3. The number of imidazole rings is 1. The van der Waals surface area contributed by atoms with Crippen LogP contribution in [-0.4, -0.2) is 57.5 Å². The van der Waals surface area contributed by atoms with E-state index in [1.165, 1.54) is 32.4 Å². The summed E-state index contributed by atoms with van der Waals surface area (Å²) in [6.45, 7) is 7.17. The maximum atomic E-state index is 12.4. The Morgan fingerprint density at radius 3 is 2.86 bits per heavy atom. The smallest absolute Gasteiger partial charge is 0.224 e. The van der Waals surface area contributed by atoms with Crippen molar-refractivity contribution in [3.63, 3.8) is 0 Å². The van der Waals surface area contributed by atoms with Gasteiger partial charge in [0.15, 0.2) is 0 Å². The fourth-order valence-corrected chi connectivity index (χ4v) is 3.78. The Morgan fingerprint density at radius 1 is 1.27 bits per heavy atom. The molecule has 0 N–H and O–H groups in total. The summed E-state index contributed by atoms with van der Waals surface area (Å²) in [5, 5.41) is 0. The summed E-state index contributed by atoms with van der Waals surface area (Å²) in [4.78, 5) is 21.4. The highest BCUT2D eigenvalue weighted by Crippen LogP contribution is 2.20. The predicted molar refractivity (Wildman–Crippen MR) is 86.6 cm³/mol. The number of carbonyl (C=O) groups excluding carboxylic acids is 1. The van der Waals surface area contributed by atoms with Crippen LogP contribution in [0.4, 0.5) is 0 Å². The molecule has 2 fully saturated rings. The van der Waals surface area contributed by atoms with Crippen molar-refractivity contribution in [3.05, 3.63) is 18.2 Å². The van der Waals surface area contributed by atoms with Crippen molar-refractivity contribution in [1.82, 2.24) is 19.4 Å². The van der Waals surface area contributed by atoms with Crippen molar-refractivity contribution in [2.45, 2.75) is 58.0 Å². The molecule has 0 saturated carbocycles. The van der Waals surface area contributed by atoms with Gasteiger partial charge in [-0.05, 0) is 32.4 Å². The second kappa shape index (κ2) is 7.27. The van der Waals surface area contributed by atoms with Crippen LogP contribution in [0.3, 0.4) is 0 Å². The Morgan fingerprint density at radius 2 is 2.09 bits per heavy atom. The van der Waals surface area contributed by atoms with Crippen LogP contribution in [-0.2, 0) is 17.8 Å². The zero-order chi connectivity index (χ0) is 15.4. The van der Waals surface area contributed by atoms with E-state index in [0.717, 1.165) is 38.3 Å². The summed E-state index contributed by atoms with van der Waals surface area (Å²) in [6, 6.07) is 0.601. The third-order valence-electron chi connectivity index (χ3n) is 5.11. The number of hydrogen-bond acceptors (Lipinski definition) is 3. The maximum absolute atomic E-state index is 12.4. The first kappa shape index (κ1) is 15.5. The highest BCUT2D eigenvalue weighted by Gasteiger charge is 2.30. The first-order valence-electron chi connectivity index (χ1n) is 8.79. The fourth-order valence-electron chi connectivity index (χ4n) is 3.78. The molecule has 0 aliphatic carbocycles. The molecule has 22 heavy (non-hydrogen) atoms. The van der Waals surface area contributed by atoms with Crippen molar-refractivity contribution in [2.24, 2.45) is 0 Å². The van der Waals surface area contributed by atoms with Gasteiger partial charge >= 0.3 is 0 Å². The third kappa shape index (κ3) is 3.51. The van der Waals surface area contributed by atoms with E-state index in [-0.39, 0.29) is 0 Å². The quantitative estimate of drug-likeness (QED) is 0.834. The van der Waals surface area contributed by atoms with Gasteiger partial charge in [0.1, 0.15) is 5.82 Å². The Kier molecular flexibility index (Phi) is 5.13. The fraction of sp³-hybridized carbons (Fsp3) is 0.765. The highest BCUT2D eigenvalue weighted by atomic mass is 16.2. The van der Waals surface area contributed by atoms with Crippen LogP contribution in [0, 0.1) is 0 Å². The summed E-state index contributed by atoms with van der Waals surface area (Å²) in [5.74, 6) is 1.37. The lowest BCUT2D eigenvalue weighted by Gasteiger charge is -2.32. The van der Waals surface area contributed by atoms with E-state index in [1.807, 2.05) is 12.4 Å². The molecule has 1 unspecified atom stereocenters. The molecule has 5 heteroatoms. The number of aryl methyl sites for hydroxylation is 2. The lowest BCUT2D eigenvalue weighted by Crippen LogP contribution is -2.41. The van der Waals surface area contributed by atoms with E-state index < -0.39 is 0 Å². The number of nitrogens with zero attached hydrogens (tertiary/aromatic N) is 4. The van der Waals surface area contributed by atoms with E-state index >= 15 is 0 Å². The predicted octanol–water partition coefficient (Wildman–Crippen LogP) is 1.92. The number of hydrogen-bond donors (Lipinski definition) is 0. The Bertz CT molecular complexity index is 493. The molecule has 1 amide bonds.